The number of likely N-dealkylation sites (N-methyl/N-ethyl adjacent to an activating group) is 1. The molecular weight excluding hydrogens is 265 g/mol. The third-order valence-electron chi connectivity index (χ3n) is 4.17. The van der Waals surface area contributed by atoms with E-state index in [-0.39, 0.29) is 17.1 Å². The maximum absolute atomic E-state index is 12.9. The molecule has 0 aromatic heterocycles. The maximum atomic E-state index is 12.9. The summed E-state index contributed by atoms with van der Waals surface area (Å²) in [5, 5.41) is 0. The van der Waals surface area contributed by atoms with Crippen molar-refractivity contribution in [3.8, 4) is 0 Å². The highest BCUT2D eigenvalue weighted by molar-refractivity contribution is 5.91. The molecule has 3 rings (SSSR count). The molecule has 2 aromatic rings. The number of hydrogen-bond donors (Lipinski definition) is 0. The smallest absolute Gasteiger partial charge is 0.233 e. The van der Waals surface area contributed by atoms with Gasteiger partial charge < -0.3 is 4.90 Å². The summed E-state index contributed by atoms with van der Waals surface area (Å²) in [5.41, 5.74) is 1.70. The molecular formula is C18H18FNO. The van der Waals surface area contributed by atoms with E-state index in [9.17, 15) is 9.18 Å². The first-order chi connectivity index (χ1) is 10.1. The zero-order valence-corrected chi connectivity index (χ0v) is 12.1. The maximum Gasteiger partial charge on any atom is 0.233 e. The van der Waals surface area contributed by atoms with Crippen LogP contribution >= 0.6 is 0 Å². The van der Waals surface area contributed by atoms with E-state index in [0.717, 1.165) is 24.0 Å². The molecule has 0 aliphatic heterocycles. The second kappa shape index (κ2) is 5.32. The molecule has 3 heteroatoms. The summed E-state index contributed by atoms with van der Waals surface area (Å²) in [6.07, 6.45) is 1.81. The monoisotopic (exact) mass is 283 g/mol. The first kappa shape index (κ1) is 13.8. The van der Waals surface area contributed by atoms with Gasteiger partial charge in [0.05, 0.1) is 5.41 Å². The number of nitrogens with zero attached hydrogens (tertiary/aromatic N) is 1. The molecule has 0 N–H and O–H groups in total. The van der Waals surface area contributed by atoms with Crippen molar-refractivity contribution in [3.63, 3.8) is 0 Å². The normalized spacial score (nSPS) is 15.5. The van der Waals surface area contributed by atoms with Crippen molar-refractivity contribution in [2.75, 3.05) is 7.05 Å². The minimum atomic E-state index is -0.337. The number of amides is 1. The van der Waals surface area contributed by atoms with Crippen LogP contribution in [0.15, 0.2) is 54.6 Å². The van der Waals surface area contributed by atoms with E-state index in [2.05, 4.69) is 0 Å². The second-order valence-electron chi connectivity index (χ2n) is 5.74. The van der Waals surface area contributed by atoms with E-state index in [1.807, 2.05) is 37.4 Å². The van der Waals surface area contributed by atoms with Gasteiger partial charge in [-0.3, -0.25) is 4.79 Å². The molecule has 0 heterocycles. The number of carbonyl (C=O) groups is 1. The van der Waals surface area contributed by atoms with E-state index in [1.54, 1.807) is 17.0 Å². The Morgan fingerprint density at radius 1 is 1.10 bits per heavy atom. The molecule has 108 valence electrons. The fraction of sp³-hybridized carbons (Fsp3) is 0.278. The van der Waals surface area contributed by atoms with E-state index in [0.29, 0.717) is 6.54 Å². The molecule has 0 bridgehead atoms. The van der Waals surface area contributed by atoms with Crippen LogP contribution < -0.4 is 0 Å². The van der Waals surface area contributed by atoms with Crippen LogP contribution in [0.3, 0.4) is 0 Å². The minimum absolute atomic E-state index is 0.151. The van der Waals surface area contributed by atoms with Crippen LogP contribution in [0.25, 0.3) is 0 Å². The van der Waals surface area contributed by atoms with Crippen molar-refractivity contribution in [3.05, 3.63) is 71.5 Å². The van der Waals surface area contributed by atoms with Crippen molar-refractivity contribution < 1.29 is 9.18 Å². The number of halogens is 1. The Hall–Kier alpha value is -2.16. The van der Waals surface area contributed by atoms with Gasteiger partial charge >= 0.3 is 0 Å². The molecule has 1 saturated carbocycles. The number of benzene rings is 2. The van der Waals surface area contributed by atoms with Crippen molar-refractivity contribution in [2.45, 2.75) is 24.8 Å². The zero-order chi connectivity index (χ0) is 14.9. The largest absolute Gasteiger partial charge is 0.341 e. The lowest BCUT2D eigenvalue weighted by molar-refractivity contribution is -0.133. The van der Waals surface area contributed by atoms with Gasteiger partial charge in [-0.2, -0.15) is 0 Å². The fourth-order valence-corrected chi connectivity index (χ4v) is 2.81. The summed E-state index contributed by atoms with van der Waals surface area (Å²) in [7, 11) is 1.81. The average molecular weight is 283 g/mol. The summed E-state index contributed by atoms with van der Waals surface area (Å²) in [5.74, 6) is -0.103. The number of rotatable bonds is 4. The molecule has 2 aromatic carbocycles. The summed E-state index contributed by atoms with van der Waals surface area (Å²) in [6, 6.07) is 16.3. The third-order valence-corrected chi connectivity index (χ3v) is 4.17. The lowest BCUT2D eigenvalue weighted by atomic mass is 9.94. The van der Waals surface area contributed by atoms with Crippen LogP contribution in [0, 0.1) is 5.82 Å². The SMILES string of the molecule is CN(Cc1ccc(F)cc1)C(=O)C1(c2ccccc2)CC1. The van der Waals surface area contributed by atoms with Crippen LogP contribution in [0.2, 0.25) is 0 Å². The number of hydrogen-bond acceptors (Lipinski definition) is 1. The van der Waals surface area contributed by atoms with E-state index >= 15 is 0 Å². The van der Waals surface area contributed by atoms with E-state index in [1.165, 1.54) is 12.1 Å². The zero-order valence-electron chi connectivity index (χ0n) is 12.1. The topological polar surface area (TPSA) is 20.3 Å². The highest BCUT2D eigenvalue weighted by Gasteiger charge is 2.52. The average Bonchev–Trinajstić information content (AvgIpc) is 3.31. The first-order valence-corrected chi connectivity index (χ1v) is 7.17. The Morgan fingerprint density at radius 3 is 2.29 bits per heavy atom. The predicted molar refractivity (Wildman–Crippen MR) is 80.2 cm³/mol. The Kier molecular flexibility index (Phi) is 3.50. The summed E-state index contributed by atoms with van der Waals surface area (Å²) >= 11 is 0. The van der Waals surface area contributed by atoms with Gasteiger partial charge in [0.25, 0.3) is 0 Å². The van der Waals surface area contributed by atoms with Crippen LogP contribution in [0.5, 0.6) is 0 Å². The van der Waals surface area contributed by atoms with Gasteiger partial charge in [-0.05, 0) is 36.1 Å². The first-order valence-electron chi connectivity index (χ1n) is 7.17. The molecule has 0 spiro atoms. The quantitative estimate of drug-likeness (QED) is 0.840. The van der Waals surface area contributed by atoms with Crippen LogP contribution in [0.4, 0.5) is 4.39 Å². The van der Waals surface area contributed by atoms with Gasteiger partial charge in [-0.25, -0.2) is 4.39 Å². The van der Waals surface area contributed by atoms with Crippen LogP contribution in [0.1, 0.15) is 24.0 Å². The lowest BCUT2D eigenvalue weighted by Gasteiger charge is -2.24. The molecule has 1 amide bonds. The Morgan fingerprint density at radius 2 is 1.71 bits per heavy atom. The van der Waals surface area contributed by atoms with Gasteiger partial charge in [0.2, 0.25) is 5.91 Å². The molecule has 21 heavy (non-hydrogen) atoms. The van der Waals surface area contributed by atoms with Crippen LogP contribution in [-0.2, 0) is 16.8 Å². The Balaban J connectivity index is 1.74. The molecule has 2 nitrogen and oxygen atoms in total. The standard InChI is InChI=1S/C18H18FNO/c1-20(13-14-7-9-16(19)10-8-14)17(21)18(11-12-18)15-5-3-2-4-6-15/h2-10H,11-13H2,1H3. The second-order valence-corrected chi connectivity index (χ2v) is 5.74. The molecule has 0 unspecified atom stereocenters. The van der Waals surface area contributed by atoms with E-state index in [4.69, 9.17) is 0 Å². The van der Waals surface area contributed by atoms with Gasteiger partial charge in [0.15, 0.2) is 0 Å². The summed E-state index contributed by atoms with van der Waals surface area (Å²) < 4.78 is 12.9. The van der Waals surface area contributed by atoms with Crippen molar-refractivity contribution in [2.24, 2.45) is 0 Å². The van der Waals surface area contributed by atoms with Gasteiger partial charge in [-0.1, -0.05) is 42.5 Å². The highest BCUT2D eigenvalue weighted by atomic mass is 19.1. The Labute approximate surface area is 124 Å². The predicted octanol–water partition coefficient (Wildman–Crippen LogP) is 3.52. The lowest BCUT2D eigenvalue weighted by Crippen LogP contribution is -2.36. The van der Waals surface area contributed by atoms with Crippen LogP contribution in [-0.4, -0.2) is 17.9 Å². The van der Waals surface area contributed by atoms with Crippen molar-refractivity contribution in [1.29, 1.82) is 0 Å². The van der Waals surface area contributed by atoms with Gasteiger partial charge in [-0.15, -0.1) is 0 Å². The highest BCUT2D eigenvalue weighted by Crippen LogP contribution is 2.49. The molecule has 0 atom stereocenters. The van der Waals surface area contributed by atoms with Crippen molar-refractivity contribution in [1.82, 2.24) is 4.90 Å². The molecule has 1 aliphatic rings. The fourth-order valence-electron chi connectivity index (χ4n) is 2.81. The van der Waals surface area contributed by atoms with Gasteiger partial charge in [0.1, 0.15) is 5.82 Å². The van der Waals surface area contributed by atoms with Gasteiger partial charge in [0, 0.05) is 13.6 Å². The number of carbonyl (C=O) groups excluding carboxylic acids is 1. The minimum Gasteiger partial charge on any atom is -0.341 e. The Bertz CT molecular complexity index is 632. The molecule has 0 saturated heterocycles. The molecule has 1 aliphatic carbocycles. The van der Waals surface area contributed by atoms with E-state index < -0.39 is 0 Å². The summed E-state index contributed by atoms with van der Waals surface area (Å²) in [4.78, 5) is 14.5. The molecule has 1 fully saturated rings. The molecule has 0 radical (unpaired) electrons. The van der Waals surface area contributed by atoms with Crippen molar-refractivity contribution >= 4 is 5.91 Å². The summed E-state index contributed by atoms with van der Waals surface area (Å²) in [6.45, 7) is 0.508. The third kappa shape index (κ3) is 2.68.